The van der Waals surface area contributed by atoms with Crippen LogP contribution in [0.2, 0.25) is 5.02 Å². The van der Waals surface area contributed by atoms with Crippen molar-refractivity contribution >= 4 is 33.6 Å². The van der Waals surface area contributed by atoms with Crippen LogP contribution in [-0.4, -0.2) is 5.33 Å². The summed E-state index contributed by atoms with van der Waals surface area (Å²) in [6, 6.07) is 6.05. The molecule has 0 saturated carbocycles. The van der Waals surface area contributed by atoms with Crippen molar-refractivity contribution in [2.45, 2.75) is 6.92 Å². The Balaban J connectivity index is 2.89. The quantitative estimate of drug-likeness (QED) is 0.690. The van der Waals surface area contributed by atoms with Gasteiger partial charge in [-0.15, -0.1) is 0 Å². The third kappa shape index (κ3) is 2.65. The molecule has 0 atom stereocenters. The fourth-order valence-electron chi connectivity index (χ4n) is 0.893. The minimum absolute atomic E-state index is 0.826. The minimum atomic E-state index is 0.826. The first-order chi connectivity index (χ1) is 5.74. The van der Waals surface area contributed by atoms with Crippen molar-refractivity contribution in [1.29, 1.82) is 0 Å². The SMILES string of the molecule is Cc1ccc(C=CCBr)cc1Cl. The molecule has 0 radical (unpaired) electrons. The van der Waals surface area contributed by atoms with Gasteiger partial charge >= 0.3 is 0 Å². The largest absolute Gasteiger partial charge is 0.0883 e. The number of allylic oxidation sites excluding steroid dienone is 1. The molecule has 2 heteroatoms. The Morgan fingerprint density at radius 2 is 2.25 bits per heavy atom. The molecule has 0 spiro atoms. The third-order valence-corrected chi connectivity index (χ3v) is 2.38. The van der Waals surface area contributed by atoms with Crippen LogP contribution in [-0.2, 0) is 0 Å². The molecule has 0 fully saturated rings. The Labute approximate surface area is 86.4 Å². The maximum atomic E-state index is 5.95. The molecule has 0 aromatic heterocycles. The fourth-order valence-corrected chi connectivity index (χ4v) is 1.27. The highest BCUT2D eigenvalue weighted by Crippen LogP contribution is 2.17. The monoisotopic (exact) mass is 244 g/mol. The van der Waals surface area contributed by atoms with E-state index in [-0.39, 0.29) is 0 Å². The zero-order valence-corrected chi connectivity index (χ0v) is 9.19. The Hall–Kier alpha value is -0.270. The van der Waals surface area contributed by atoms with Gasteiger partial charge in [0.15, 0.2) is 0 Å². The molecule has 0 aliphatic rings. The van der Waals surface area contributed by atoms with Gasteiger partial charge in [0.05, 0.1) is 0 Å². The average molecular weight is 246 g/mol. The van der Waals surface area contributed by atoms with Crippen LogP contribution in [0.25, 0.3) is 6.08 Å². The maximum absolute atomic E-state index is 5.95. The number of halogens is 2. The summed E-state index contributed by atoms with van der Waals surface area (Å²) in [4.78, 5) is 0. The van der Waals surface area contributed by atoms with Crippen molar-refractivity contribution in [2.24, 2.45) is 0 Å². The predicted molar refractivity (Wildman–Crippen MR) is 59.0 cm³/mol. The summed E-state index contributed by atoms with van der Waals surface area (Å²) in [6.45, 7) is 2.00. The predicted octanol–water partition coefficient (Wildman–Crippen LogP) is 4.06. The lowest BCUT2D eigenvalue weighted by atomic mass is 10.1. The zero-order valence-electron chi connectivity index (χ0n) is 6.85. The van der Waals surface area contributed by atoms with Gasteiger partial charge in [-0.2, -0.15) is 0 Å². The Morgan fingerprint density at radius 3 is 2.83 bits per heavy atom. The smallest absolute Gasteiger partial charge is 0.0441 e. The van der Waals surface area contributed by atoms with E-state index in [1.54, 1.807) is 0 Å². The molecule has 64 valence electrons. The number of alkyl halides is 1. The maximum Gasteiger partial charge on any atom is 0.0441 e. The second-order valence-electron chi connectivity index (χ2n) is 2.57. The molecule has 0 nitrogen and oxygen atoms in total. The lowest BCUT2D eigenvalue weighted by Crippen LogP contribution is -1.77. The summed E-state index contributed by atoms with van der Waals surface area (Å²) >= 11 is 9.27. The van der Waals surface area contributed by atoms with Crippen LogP contribution in [0, 0.1) is 6.92 Å². The fraction of sp³-hybridized carbons (Fsp3) is 0.200. The molecule has 0 N–H and O–H groups in total. The summed E-state index contributed by atoms with van der Waals surface area (Å²) < 4.78 is 0. The molecule has 1 aromatic carbocycles. The molecule has 0 aliphatic heterocycles. The van der Waals surface area contributed by atoms with Crippen molar-refractivity contribution in [3.8, 4) is 0 Å². The van der Waals surface area contributed by atoms with Gasteiger partial charge in [-0.3, -0.25) is 0 Å². The van der Waals surface area contributed by atoms with Crippen LogP contribution < -0.4 is 0 Å². The Morgan fingerprint density at radius 1 is 1.50 bits per heavy atom. The molecule has 0 unspecified atom stereocenters. The molecular weight excluding hydrogens is 235 g/mol. The first-order valence-electron chi connectivity index (χ1n) is 3.72. The molecule has 1 aromatic rings. The van der Waals surface area contributed by atoms with E-state index in [4.69, 9.17) is 11.6 Å². The molecule has 0 bridgehead atoms. The van der Waals surface area contributed by atoms with E-state index >= 15 is 0 Å². The van der Waals surface area contributed by atoms with Crippen LogP contribution in [0.4, 0.5) is 0 Å². The zero-order chi connectivity index (χ0) is 8.97. The highest BCUT2D eigenvalue weighted by atomic mass is 79.9. The number of benzene rings is 1. The van der Waals surface area contributed by atoms with Gasteiger partial charge in [0.2, 0.25) is 0 Å². The first kappa shape index (κ1) is 9.82. The second-order valence-corrected chi connectivity index (χ2v) is 3.62. The van der Waals surface area contributed by atoms with Gasteiger partial charge in [-0.25, -0.2) is 0 Å². The van der Waals surface area contributed by atoms with Gasteiger partial charge in [0.1, 0.15) is 0 Å². The lowest BCUT2D eigenvalue weighted by Gasteiger charge is -1.98. The third-order valence-electron chi connectivity index (χ3n) is 1.60. The van der Waals surface area contributed by atoms with Gasteiger partial charge in [-0.1, -0.05) is 51.8 Å². The molecule has 12 heavy (non-hydrogen) atoms. The van der Waals surface area contributed by atoms with E-state index in [0.717, 1.165) is 21.5 Å². The van der Waals surface area contributed by atoms with Gasteiger partial charge in [0, 0.05) is 10.4 Å². The van der Waals surface area contributed by atoms with Crippen molar-refractivity contribution in [2.75, 3.05) is 5.33 Å². The van der Waals surface area contributed by atoms with E-state index in [1.165, 1.54) is 0 Å². The summed E-state index contributed by atoms with van der Waals surface area (Å²) in [5.74, 6) is 0. The summed E-state index contributed by atoms with van der Waals surface area (Å²) in [5, 5.41) is 1.70. The molecule has 0 amide bonds. The second kappa shape index (κ2) is 4.68. The van der Waals surface area contributed by atoms with Crippen LogP contribution in [0.15, 0.2) is 24.3 Å². The molecular formula is C10H10BrCl. The van der Waals surface area contributed by atoms with E-state index in [0.29, 0.717) is 0 Å². The number of aryl methyl sites for hydroxylation is 1. The molecule has 0 aliphatic carbocycles. The topological polar surface area (TPSA) is 0 Å². The lowest BCUT2D eigenvalue weighted by molar-refractivity contribution is 1.46. The Kier molecular flexibility index (Phi) is 3.83. The molecule has 0 heterocycles. The van der Waals surface area contributed by atoms with Gasteiger partial charge < -0.3 is 0 Å². The van der Waals surface area contributed by atoms with E-state index in [9.17, 15) is 0 Å². The van der Waals surface area contributed by atoms with Crippen molar-refractivity contribution in [3.05, 3.63) is 40.4 Å². The van der Waals surface area contributed by atoms with Gasteiger partial charge in [-0.05, 0) is 24.1 Å². The van der Waals surface area contributed by atoms with E-state index in [1.807, 2.05) is 31.2 Å². The number of rotatable bonds is 2. The van der Waals surface area contributed by atoms with Crippen molar-refractivity contribution in [3.63, 3.8) is 0 Å². The number of hydrogen-bond donors (Lipinski definition) is 0. The first-order valence-corrected chi connectivity index (χ1v) is 5.22. The normalized spacial score (nSPS) is 10.9. The molecule has 0 saturated heterocycles. The standard InChI is InChI=1S/C10H10BrCl/c1-8-4-5-9(3-2-6-11)7-10(8)12/h2-5,7H,6H2,1H3. The van der Waals surface area contributed by atoms with Crippen LogP contribution in [0.1, 0.15) is 11.1 Å². The highest BCUT2D eigenvalue weighted by molar-refractivity contribution is 9.09. The van der Waals surface area contributed by atoms with Crippen LogP contribution in [0.3, 0.4) is 0 Å². The highest BCUT2D eigenvalue weighted by Gasteiger charge is 1.93. The minimum Gasteiger partial charge on any atom is -0.0883 e. The van der Waals surface area contributed by atoms with E-state index < -0.39 is 0 Å². The molecule has 1 rings (SSSR count). The van der Waals surface area contributed by atoms with E-state index in [2.05, 4.69) is 22.0 Å². The van der Waals surface area contributed by atoms with Crippen molar-refractivity contribution < 1.29 is 0 Å². The van der Waals surface area contributed by atoms with Gasteiger partial charge in [0.25, 0.3) is 0 Å². The van der Waals surface area contributed by atoms with Crippen LogP contribution in [0.5, 0.6) is 0 Å². The summed E-state index contributed by atoms with van der Waals surface area (Å²) in [5.41, 5.74) is 2.26. The average Bonchev–Trinajstić information content (AvgIpc) is 2.07. The summed E-state index contributed by atoms with van der Waals surface area (Å²) in [7, 11) is 0. The van der Waals surface area contributed by atoms with Crippen LogP contribution >= 0.6 is 27.5 Å². The van der Waals surface area contributed by atoms with Crippen molar-refractivity contribution in [1.82, 2.24) is 0 Å². The Bertz CT molecular complexity index is 292. The number of hydrogen-bond acceptors (Lipinski definition) is 0. The summed E-state index contributed by atoms with van der Waals surface area (Å²) in [6.07, 6.45) is 4.08.